The van der Waals surface area contributed by atoms with Crippen LogP contribution in [0, 0.1) is 6.92 Å². The van der Waals surface area contributed by atoms with Crippen LogP contribution in [0.2, 0.25) is 0 Å². The summed E-state index contributed by atoms with van der Waals surface area (Å²) in [4.78, 5) is 13.6. The molecule has 2 aromatic heterocycles. The molecule has 0 atom stereocenters. The van der Waals surface area contributed by atoms with Crippen molar-refractivity contribution in [2.24, 2.45) is 0 Å². The Morgan fingerprint density at radius 2 is 2.21 bits per heavy atom. The van der Waals surface area contributed by atoms with Gasteiger partial charge in [-0.15, -0.1) is 0 Å². The number of aromatic nitrogens is 3. The van der Waals surface area contributed by atoms with Gasteiger partial charge >= 0.3 is 0 Å². The van der Waals surface area contributed by atoms with E-state index < -0.39 is 0 Å². The van der Waals surface area contributed by atoms with Crippen molar-refractivity contribution in [1.82, 2.24) is 15.0 Å². The molecule has 0 aliphatic carbocycles. The summed E-state index contributed by atoms with van der Waals surface area (Å²) >= 11 is 0. The van der Waals surface area contributed by atoms with Crippen molar-refractivity contribution < 1.29 is 4.74 Å². The van der Waals surface area contributed by atoms with E-state index in [4.69, 9.17) is 4.74 Å². The SMILES string of the molecule is CNc1nc(-c2ncccc2C)nc2c1COCC2. The molecule has 1 aliphatic heterocycles. The molecule has 1 N–H and O–H groups in total. The minimum atomic E-state index is 0.576. The highest BCUT2D eigenvalue weighted by Crippen LogP contribution is 2.26. The van der Waals surface area contributed by atoms with Crippen molar-refractivity contribution in [2.45, 2.75) is 20.0 Å². The average Bonchev–Trinajstić information content (AvgIpc) is 2.46. The van der Waals surface area contributed by atoms with Crippen LogP contribution in [0.5, 0.6) is 0 Å². The van der Waals surface area contributed by atoms with Crippen molar-refractivity contribution in [3.05, 3.63) is 35.2 Å². The minimum Gasteiger partial charge on any atom is -0.376 e. The van der Waals surface area contributed by atoms with E-state index >= 15 is 0 Å². The predicted octanol–water partition coefficient (Wildman–Crippen LogP) is 1.96. The first-order valence-electron chi connectivity index (χ1n) is 6.37. The molecule has 0 radical (unpaired) electrons. The molecule has 0 aromatic carbocycles. The number of ether oxygens (including phenoxy) is 1. The van der Waals surface area contributed by atoms with Gasteiger partial charge in [0.1, 0.15) is 11.5 Å². The molecule has 0 unspecified atom stereocenters. The third kappa shape index (κ3) is 2.17. The van der Waals surface area contributed by atoms with Crippen molar-refractivity contribution >= 4 is 5.82 Å². The normalized spacial score (nSPS) is 14.0. The molecule has 3 rings (SSSR count). The first kappa shape index (κ1) is 12.0. The Balaban J connectivity index is 2.15. The highest BCUT2D eigenvalue weighted by atomic mass is 16.5. The molecule has 0 saturated carbocycles. The first-order valence-corrected chi connectivity index (χ1v) is 6.37. The molecule has 5 heteroatoms. The maximum atomic E-state index is 5.47. The van der Waals surface area contributed by atoms with Gasteiger partial charge < -0.3 is 10.1 Å². The topological polar surface area (TPSA) is 59.9 Å². The number of aryl methyl sites for hydroxylation is 1. The number of nitrogens with one attached hydrogen (secondary N) is 1. The van der Waals surface area contributed by atoms with Gasteiger partial charge in [0.25, 0.3) is 0 Å². The number of hydrogen-bond donors (Lipinski definition) is 1. The van der Waals surface area contributed by atoms with E-state index in [1.165, 1.54) is 0 Å². The zero-order chi connectivity index (χ0) is 13.2. The molecular formula is C14H16N4O. The highest BCUT2D eigenvalue weighted by molar-refractivity contribution is 5.59. The Bertz CT molecular complexity index is 595. The lowest BCUT2D eigenvalue weighted by atomic mass is 10.1. The summed E-state index contributed by atoms with van der Waals surface area (Å²) in [5.74, 6) is 1.52. The lowest BCUT2D eigenvalue weighted by Gasteiger charge is -2.19. The molecule has 2 aromatic rings. The van der Waals surface area contributed by atoms with E-state index in [-0.39, 0.29) is 0 Å². The maximum absolute atomic E-state index is 5.47. The van der Waals surface area contributed by atoms with Gasteiger partial charge in [0.05, 0.1) is 18.9 Å². The number of rotatable bonds is 2. The predicted molar refractivity (Wildman–Crippen MR) is 72.9 cm³/mol. The summed E-state index contributed by atoms with van der Waals surface area (Å²) in [6, 6.07) is 3.94. The van der Waals surface area contributed by atoms with E-state index in [0.717, 1.165) is 34.8 Å². The molecule has 19 heavy (non-hydrogen) atoms. The van der Waals surface area contributed by atoms with Crippen LogP contribution in [0.1, 0.15) is 16.8 Å². The van der Waals surface area contributed by atoms with Gasteiger partial charge in [-0.1, -0.05) is 6.07 Å². The van der Waals surface area contributed by atoms with Gasteiger partial charge in [0, 0.05) is 25.2 Å². The van der Waals surface area contributed by atoms with E-state index in [9.17, 15) is 0 Å². The van der Waals surface area contributed by atoms with Crippen molar-refractivity contribution in [3.63, 3.8) is 0 Å². The maximum Gasteiger partial charge on any atom is 0.180 e. The zero-order valence-corrected chi connectivity index (χ0v) is 11.1. The number of nitrogens with zero attached hydrogens (tertiary/aromatic N) is 3. The van der Waals surface area contributed by atoms with Gasteiger partial charge in [-0.3, -0.25) is 4.98 Å². The molecule has 98 valence electrons. The van der Waals surface area contributed by atoms with Gasteiger partial charge in [-0.05, 0) is 18.6 Å². The van der Waals surface area contributed by atoms with Crippen LogP contribution in [0.25, 0.3) is 11.5 Å². The molecule has 0 amide bonds. The summed E-state index contributed by atoms with van der Waals surface area (Å²) < 4.78 is 5.47. The fourth-order valence-electron chi connectivity index (χ4n) is 2.26. The quantitative estimate of drug-likeness (QED) is 0.890. The second kappa shape index (κ2) is 4.93. The van der Waals surface area contributed by atoms with Crippen LogP contribution in [-0.2, 0) is 17.8 Å². The van der Waals surface area contributed by atoms with Crippen molar-refractivity contribution in [1.29, 1.82) is 0 Å². The molecule has 5 nitrogen and oxygen atoms in total. The fraction of sp³-hybridized carbons (Fsp3) is 0.357. The van der Waals surface area contributed by atoms with Gasteiger partial charge in [0.2, 0.25) is 0 Å². The molecule has 0 spiro atoms. The van der Waals surface area contributed by atoms with Crippen LogP contribution in [0.15, 0.2) is 18.3 Å². The van der Waals surface area contributed by atoms with Crippen LogP contribution < -0.4 is 5.32 Å². The van der Waals surface area contributed by atoms with E-state index in [1.54, 1.807) is 6.20 Å². The third-order valence-electron chi connectivity index (χ3n) is 3.28. The van der Waals surface area contributed by atoms with Gasteiger partial charge in [-0.2, -0.15) is 0 Å². The highest BCUT2D eigenvalue weighted by Gasteiger charge is 2.19. The number of fused-ring (bicyclic) bond motifs is 1. The first-order chi connectivity index (χ1) is 9.29. The van der Waals surface area contributed by atoms with E-state index in [0.29, 0.717) is 19.0 Å². The largest absolute Gasteiger partial charge is 0.376 e. The second-order valence-corrected chi connectivity index (χ2v) is 4.54. The third-order valence-corrected chi connectivity index (χ3v) is 3.28. The molecular weight excluding hydrogens is 240 g/mol. The van der Waals surface area contributed by atoms with Gasteiger partial charge in [-0.25, -0.2) is 9.97 Å². The fourth-order valence-corrected chi connectivity index (χ4v) is 2.26. The zero-order valence-electron chi connectivity index (χ0n) is 11.1. The molecule has 1 aliphatic rings. The van der Waals surface area contributed by atoms with Crippen LogP contribution >= 0.6 is 0 Å². The van der Waals surface area contributed by atoms with Crippen LogP contribution in [-0.4, -0.2) is 28.6 Å². The number of anilines is 1. The van der Waals surface area contributed by atoms with E-state index in [2.05, 4.69) is 20.3 Å². The Morgan fingerprint density at radius 1 is 1.32 bits per heavy atom. The van der Waals surface area contributed by atoms with Crippen molar-refractivity contribution in [2.75, 3.05) is 19.0 Å². The molecule has 0 fully saturated rings. The Kier molecular flexibility index (Phi) is 3.13. The summed E-state index contributed by atoms with van der Waals surface area (Å²) in [6.45, 7) is 3.31. The van der Waals surface area contributed by atoms with Crippen LogP contribution in [0.4, 0.5) is 5.82 Å². The van der Waals surface area contributed by atoms with Gasteiger partial charge in [0.15, 0.2) is 5.82 Å². The Morgan fingerprint density at radius 3 is 3.00 bits per heavy atom. The standard InChI is InChI=1S/C14H16N4O/c1-9-4-3-6-16-12(9)14-17-11-5-7-19-8-10(11)13(15-2)18-14/h3-4,6H,5,7-8H2,1-2H3,(H,15,17,18). The summed E-state index contributed by atoms with van der Waals surface area (Å²) in [7, 11) is 1.87. The second-order valence-electron chi connectivity index (χ2n) is 4.54. The van der Waals surface area contributed by atoms with Crippen LogP contribution in [0.3, 0.4) is 0 Å². The summed E-state index contributed by atoms with van der Waals surface area (Å²) in [5.41, 5.74) is 4.04. The summed E-state index contributed by atoms with van der Waals surface area (Å²) in [6.07, 6.45) is 2.60. The number of pyridine rings is 1. The average molecular weight is 256 g/mol. The molecule has 0 saturated heterocycles. The molecule has 0 bridgehead atoms. The minimum absolute atomic E-state index is 0.576. The number of hydrogen-bond acceptors (Lipinski definition) is 5. The van der Waals surface area contributed by atoms with E-state index in [1.807, 2.05) is 26.1 Å². The smallest absolute Gasteiger partial charge is 0.180 e. The lowest BCUT2D eigenvalue weighted by Crippen LogP contribution is -2.16. The Labute approximate surface area is 112 Å². The lowest BCUT2D eigenvalue weighted by molar-refractivity contribution is 0.109. The summed E-state index contributed by atoms with van der Waals surface area (Å²) in [5, 5.41) is 3.13. The molecule has 3 heterocycles. The monoisotopic (exact) mass is 256 g/mol. The van der Waals surface area contributed by atoms with Crippen molar-refractivity contribution in [3.8, 4) is 11.5 Å². The Hall–Kier alpha value is -2.01.